The van der Waals surface area contributed by atoms with E-state index in [0.717, 1.165) is 25.1 Å². The molecule has 1 aromatic carbocycles. The molecule has 1 unspecified atom stereocenters. The van der Waals surface area contributed by atoms with Crippen molar-refractivity contribution in [1.82, 2.24) is 0 Å². The largest absolute Gasteiger partial charge is 0.389 e. The highest BCUT2D eigenvalue weighted by molar-refractivity contribution is 5.48. The van der Waals surface area contributed by atoms with Crippen LogP contribution < -0.4 is 5.32 Å². The van der Waals surface area contributed by atoms with Crippen molar-refractivity contribution < 1.29 is 9.84 Å². The molecule has 0 aliphatic carbocycles. The van der Waals surface area contributed by atoms with Crippen LogP contribution in [0.2, 0.25) is 0 Å². The fourth-order valence-electron chi connectivity index (χ4n) is 1.61. The van der Waals surface area contributed by atoms with Crippen LogP contribution in [-0.4, -0.2) is 31.0 Å². The van der Waals surface area contributed by atoms with Crippen LogP contribution in [0.3, 0.4) is 0 Å². The molecule has 3 heteroatoms. The Hall–Kier alpha value is -1.06. The highest BCUT2D eigenvalue weighted by Crippen LogP contribution is 2.13. The minimum Gasteiger partial charge on any atom is -0.389 e. The molecule has 1 aromatic rings. The van der Waals surface area contributed by atoms with Crippen molar-refractivity contribution >= 4 is 5.69 Å². The third kappa shape index (κ3) is 5.52. The molecule has 102 valence electrons. The molecule has 0 aliphatic heterocycles. The summed E-state index contributed by atoms with van der Waals surface area (Å²) < 4.78 is 5.38. The maximum absolute atomic E-state index is 9.75. The molecule has 1 rings (SSSR count). The number of rotatable bonds is 8. The molecule has 0 aliphatic rings. The molecule has 0 amide bonds. The molecule has 1 atom stereocenters. The van der Waals surface area contributed by atoms with Crippen LogP contribution in [0.4, 0.5) is 5.69 Å². The lowest BCUT2D eigenvalue weighted by molar-refractivity contribution is 0.0422. The summed E-state index contributed by atoms with van der Waals surface area (Å²) in [5.41, 5.74) is 3.59. The predicted molar refractivity (Wildman–Crippen MR) is 76.1 cm³/mol. The number of anilines is 1. The molecule has 0 saturated carbocycles. The molecule has 3 nitrogen and oxygen atoms in total. The summed E-state index contributed by atoms with van der Waals surface area (Å²) in [5.74, 6) is 0. The highest BCUT2D eigenvalue weighted by atomic mass is 16.5. The van der Waals surface area contributed by atoms with Gasteiger partial charge in [0.25, 0.3) is 0 Å². The number of aryl methyl sites for hydroxylation is 2. The molecule has 0 saturated heterocycles. The van der Waals surface area contributed by atoms with Crippen LogP contribution in [-0.2, 0) is 4.74 Å². The van der Waals surface area contributed by atoms with Crippen molar-refractivity contribution in [3.63, 3.8) is 0 Å². The normalized spacial score (nSPS) is 12.4. The zero-order chi connectivity index (χ0) is 13.4. The Balaban J connectivity index is 2.24. The van der Waals surface area contributed by atoms with Crippen LogP contribution in [0.25, 0.3) is 0 Å². The number of ether oxygens (including phenoxy) is 1. The van der Waals surface area contributed by atoms with Crippen molar-refractivity contribution in [2.24, 2.45) is 0 Å². The third-order valence-corrected chi connectivity index (χ3v) is 3.00. The van der Waals surface area contributed by atoms with E-state index < -0.39 is 6.10 Å². The zero-order valence-corrected chi connectivity index (χ0v) is 11.7. The van der Waals surface area contributed by atoms with Gasteiger partial charge in [-0.15, -0.1) is 0 Å². The van der Waals surface area contributed by atoms with Gasteiger partial charge >= 0.3 is 0 Å². The van der Waals surface area contributed by atoms with E-state index in [9.17, 15) is 5.11 Å². The first-order valence-electron chi connectivity index (χ1n) is 6.70. The van der Waals surface area contributed by atoms with Gasteiger partial charge in [-0.25, -0.2) is 0 Å². The summed E-state index contributed by atoms with van der Waals surface area (Å²) in [4.78, 5) is 0. The number of hydrogen-bond acceptors (Lipinski definition) is 3. The number of benzene rings is 1. The second-order valence-corrected chi connectivity index (χ2v) is 4.76. The summed E-state index contributed by atoms with van der Waals surface area (Å²) in [7, 11) is 0. The summed E-state index contributed by atoms with van der Waals surface area (Å²) in [6.07, 6.45) is 1.72. The van der Waals surface area contributed by atoms with Crippen molar-refractivity contribution in [1.29, 1.82) is 0 Å². The van der Waals surface area contributed by atoms with Gasteiger partial charge in [0.2, 0.25) is 0 Å². The van der Waals surface area contributed by atoms with Gasteiger partial charge in [0.1, 0.15) is 0 Å². The third-order valence-electron chi connectivity index (χ3n) is 3.00. The molecule has 2 N–H and O–H groups in total. The summed E-state index contributed by atoms with van der Waals surface area (Å²) in [6.45, 7) is 7.96. The Labute approximate surface area is 110 Å². The Morgan fingerprint density at radius 2 is 2.06 bits per heavy atom. The van der Waals surface area contributed by atoms with E-state index in [1.807, 2.05) is 6.07 Å². The van der Waals surface area contributed by atoms with Gasteiger partial charge in [-0.05, 0) is 43.5 Å². The minimum absolute atomic E-state index is 0.401. The molecule has 0 bridgehead atoms. The van der Waals surface area contributed by atoms with Gasteiger partial charge in [-0.1, -0.05) is 19.4 Å². The molecule has 0 aromatic heterocycles. The second-order valence-electron chi connectivity index (χ2n) is 4.76. The number of aliphatic hydroxyl groups excluding tert-OH is 1. The number of hydrogen-bond donors (Lipinski definition) is 2. The fourth-order valence-corrected chi connectivity index (χ4v) is 1.61. The molecular formula is C15H25NO2. The zero-order valence-electron chi connectivity index (χ0n) is 11.7. The lowest BCUT2D eigenvalue weighted by atomic mass is 10.1. The van der Waals surface area contributed by atoms with Gasteiger partial charge in [-0.3, -0.25) is 0 Å². The first kappa shape index (κ1) is 15.0. The Morgan fingerprint density at radius 3 is 2.72 bits per heavy atom. The van der Waals surface area contributed by atoms with Crippen molar-refractivity contribution in [3.05, 3.63) is 29.3 Å². The average Bonchev–Trinajstić information content (AvgIpc) is 2.36. The van der Waals surface area contributed by atoms with E-state index in [2.05, 4.69) is 38.2 Å². The smallest absolute Gasteiger partial charge is 0.0945 e. The van der Waals surface area contributed by atoms with E-state index in [0.29, 0.717) is 13.2 Å². The van der Waals surface area contributed by atoms with E-state index in [4.69, 9.17) is 4.74 Å². The van der Waals surface area contributed by atoms with Crippen molar-refractivity contribution in [2.45, 2.75) is 39.7 Å². The van der Waals surface area contributed by atoms with Crippen molar-refractivity contribution in [3.8, 4) is 0 Å². The molecule has 0 fully saturated rings. The lowest BCUT2D eigenvalue weighted by Crippen LogP contribution is -2.25. The van der Waals surface area contributed by atoms with Gasteiger partial charge in [0.15, 0.2) is 0 Å². The van der Waals surface area contributed by atoms with E-state index >= 15 is 0 Å². The Bertz CT molecular complexity index is 352. The maximum atomic E-state index is 9.75. The predicted octanol–water partition coefficient (Wildman–Crippen LogP) is 2.89. The minimum atomic E-state index is -0.455. The van der Waals surface area contributed by atoms with E-state index in [-0.39, 0.29) is 0 Å². The number of unbranched alkanes of at least 4 members (excludes halogenated alkanes) is 1. The average molecular weight is 251 g/mol. The van der Waals surface area contributed by atoms with Gasteiger partial charge < -0.3 is 15.2 Å². The second kappa shape index (κ2) is 8.11. The number of aliphatic hydroxyl groups is 1. The molecule has 0 radical (unpaired) electrons. The monoisotopic (exact) mass is 251 g/mol. The molecule has 18 heavy (non-hydrogen) atoms. The first-order valence-corrected chi connectivity index (χ1v) is 6.70. The van der Waals surface area contributed by atoms with Gasteiger partial charge in [0.05, 0.1) is 12.7 Å². The van der Waals surface area contributed by atoms with E-state index in [1.165, 1.54) is 11.1 Å². The lowest BCUT2D eigenvalue weighted by Gasteiger charge is -2.14. The molecule has 0 spiro atoms. The number of nitrogens with one attached hydrogen (secondary N) is 1. The molecule has 0 heterocycles. The van der Waals surface area contributed by atoms with Crippen LogP contribution in [0.5, 0.6) is 0 Å². The van der Waals surface area contributed by atoms with E-state index in [1.54, 1.807) is 0 Å². The SMILES string of the molecule is CCCCOCC(O)CNc1ccc(C)c(C)c1. The first-order chi connectivity index (χ1) is 8.63. The molecular weight excluding hydrogens is 226 g/mol. The summed E-state index contributed by atoms with van der Waals surface area (Å²) in [6, 6.07) is 6.22. The van der Waals surface area contributed by atoms with Crippen LogP contribution in [0.15, 0.2) is 18.2 Å². The van der Waals surface area contributed by atoms with Crippen LogP contribution in [0.1, 0.15) is 30.9 Å². The van der Waals surface area contributed by atoms with Gasteiger partial charge in [0, 0.05) is 18.8 Å². The highest BCUT2D eigenvalue weighted by Gasteiger charge is 2.04. The maximum Gasteiger partial charge on any atom is 0.0945 e. The Morgan fingerprint density at radius 1 is 1.28 bits per heavy atom. The topological polar surface area (TPSA) is 41.5 Å². The van der Waals surface area contributed by atoms with Crippen LogP contribution >= 0.6 is 0 Å². The standard InChI is InChI=1S/C15H25NO2/c1-4-5-8-18-11-15(17)10-16-14-7-6-12(2)13(3)9-14/h6-7,9,15-17H,4-5,8,10-11H2,1-3H3. The Kier molecular flexibility index (Phi) is 6.76. The quantitative estimate of drug-likeness (QED) is 0.698. The van der Waals surface area contributed by atoms with Gasteiger partial charge in [-0.2, -0.15) is 0 Å². The van der Waals surface area contributed by atoms with Crippen LogP contribution in [0, 0.1) is 13.8 Å². The van der Waals surface area contributed by atoms with Crippen molar-refractivity contribution in [2.75, 3.05) is 25.1 Å². The fraction of sp³-hybridized carbons (Fsp3) is 0.600. The summed E-state index contributed by atoms with van der Waals surface area (Å²) >= 11 is 0. The summed E-state index contributed by atoms with van der Waals surface area (Å²) in [5, 5.41) is 13.0.